The van der Waals surface area contributed by atoms with Crippen LogP contribution in [-0.4, -0.2) is 87.1 Å². The maximum Gasteiger partial charge on any atom is 0.313 e. The minimum absolute atomic E-state index is 0.120. The highest BCUT2D eigenvalue weighted by Crippen LogP contribution is 2.56. The molecule has 0 radical (unpaired) electrons. The van der Waals surface area contributed by atoms with Crippen molar-refractivity contribution in [1.82, 2.24) is 15.1 Å². The van der Waals surface area contributed by atoms with E-state index in [2.05, 4.69) is 26.1 Å². The van der Waals surface area contributed by atoms with Gasteiger partial charge in [-0.05, 0) is 51.0 Å². The number of cyclic esters (lactones) is 1. The molecule has 1 aromatic carbocycles. The maximum atomic E-state index is 15.1. The van der Waals surface area contributed by atoms with Gasteiger partial charge in [-0.15, -0.1) is 0 Å². The number of fused-ring (bicyclic) bond motifs is 2. The maximum absolute atomic E-state index is 15.1. The summed E-state index contributed by atoms with van der Waals surface area (Å²) in [4.78, 5) is 60.2. The minimum Gasteiger partial charge on any atom is -0.455 e. The van der Waals surface area contributed by atoms with Crippen LogP contribution in [0.15, 0.2) is 54.6 Å². The molecule has 4 heterocycles. The summed E-state index contributed by atoms with van der Waals surface area (Å²) in [6.07, 6.45) is 7.53. The van der Waals surface area contributed by atoms with E-state index < -0.39 is 65.2 Å². The molecule has 2 fully saturated rings. The molecular weight excluding hydrogens is 598 g/mol. The van der Waals surface area contributed by atoms with Crippen molar-refractivity contribution in [3.05, 3.63) is 60.2 Å². The van der Waals surface area contributed by atoms with Gasteiger partial charge in [0, 0.05) is 18.5 Å². The molecule has 1 aromatic rings. The normalized spacial score (nSPS) is 33.1. The molecule has 0 aromatic heterocycles. The SMILES string of the molecule is CC[C@@H](CO)N1C(=O)[C@H]2[C@@H]3C(=O)O[C@H](c4ccccc4)[C@@H](C)NC(=O)CC/C=C\CN(C(C)(C)CC(C)(C)C)C(=O)[C@H]1[C@@]21C=C[C@@H]3O1. The van der Waals surface area contributed by atoms with Gasteiger partial charge in [-0.1, -0.05) is 82.3 Å². The number of benzene rings is 1. The van der Waals surface area contributed by atoms with Gasteiger partial charge in [0.2, 0.25) is 17.7 Å². The zero-order chi connectivity index (χ0) is 34.3. The summed E-state index contributed by atoms with van der Waals surface area (Å²) in [6.45, 7) is 14.0. The van der Waals surface area contributed by atoms with Crippen LogP contribution in [0.25, 0.3) is 0 Å². The summed E-state index contributed by atoms with van der Waals surface area (Å²) in [5, 5.41) is 13.5. The molecule has 2 N–H and O–H groups in total. The van der Waals surface area contributed by atoms with Crippen molar-refractivity contribution in [1.29, 1.82) is 0 Å². The van der Waals surface area contributed by atoms with Crippen LogP contribution in [-0.2, 0) is 28.7 Å². The number of carbonyl (C=O) groups excluding carboxylic acids is 4. The van der Waals surface area contributed by atoms with E-state index in [-0.39, 0.29) is 36.8 Å². The number of amides is 3. The fourth-order valence-corrected chi connectivity index (χ4v) is 8.36. The Morgan fingerprint density at radius 1 is 1.04 bits per heavy atom. The second-order valence-corrected chi connectivity index (χ2v) is 15.3. The molecule has 10 heteroatoms. The molecule has 47 heavy (non-hydrogen) atoms. The number of aliphatic hydroxyl groups is 1. The molecule has 4 aliphatic heterocycles. The Morgan fingerprint density at radius 2 is 1.74 bits per heavy atom. The Hall–Kier alpha value is -3.50. The van der Waals surface area contributed by atoms with E-state index in [1.807, 2.05) is 63.3 Å². The Bertz CT molecular complexity index is 1410. The largest absolute Gasteiger partial charge is 0.455 e. The lowest BCUT2D eigenvalue weighted by Gasteiger charge is -2.46. The van der Waals surface area contributed by atoms with Gasteiger partial charge in [0.25, 0.3) is 0 Å². The second kappa shape index (κ2) is 13.2. The number of likely N-dealkylation sites (tertiary alicyclic amines) is 1. The summed E-state index contributed by atoms with van der Waals surface area (Å²) in [5.74, 6) is -3.54. The van der Waals surface area contributed by atoms with Gasteiger partial charge in [-0.2, -0.15) is 0 Å². The van der Waals surface area contributed by atoms with Crippen LogP contribution in [0, 0.1) is 17.3 Å². The van der Waals surface area contributed by atoms with Crippen LogP contribution in [0.1, 0.15) is 85.8 Å². The van der Waals surface area contributed by atoms with Crippen molar-refractivity contribution < 1.29 is 33.8 Å². The fraction of sp³-hybridized carbons (Fsp3) is 0.622. The van der Waals surface area contributed by atoms with Crippen molar-refractivity contribution in [2.75, 3.05) is 13.2 Å². The van der Waals surface area contributed by atoms with Gasteiger partial charge in [-0.25, -0.2) is 0 Å². The van der Waals surface area contributed by atoms with Crippen LogP contribution in [0.3, 0.4) is 0 Å². The van der Waals surface area contributed by atoms with Gasteiger partial charge >= 0.3 is 5.97 Å². The van der Waals surface area contributed by atoms with Crippen molar-refractivity contribution in [3.63, 3.8) is 0 Å². The zero-order valence-electron chi connectivity index (χ0n) is 28.8. The summed E-state index contributed by atoms with van der Waals surface area (Å²) in [7, 11) is 0. The van der Waals surface area contributed by atoms with Crippen molar-refractivity contribution >= 4 is 23.7 Å². The lowest BCUT2D eigenvalue weighted by Crippen LogP contribution is -2.62. The van der Waals surface area contributed by atoms with Gasteiger partial charge in [0.15, 0.2) is 0 Å². The number of carbonyl (C=O) groups is 4. The molecule has 2 saturated heterocycles. The molecular formula is C37H51N3O7. The van der Waals surface area contributed by atoms with Gasteiger partial charge < -0.3 is 29.7 Å². The summed E-state index contributed by atoms with van der Waals surface area (Å²) in [6, 6.07) is 6.91. The molecule has 10 nitrogen and oxygen atoms in total. The fourth-order valence-electron chi connectivity index (χ4n) is 8.36. The molecule has 5 rings (SSSR count). The molecule has 4 aliphatic rings. The third-order valence-electron chi connectivity index (χ3n) is 10.1. The quantitative estimate of drug-likeness (QED) is 0.351. The van der Waals surface area contributed by atoms with Crippen molar-refractivity contribution in [3.8, 4) is 0 Å². The first-order valence-electron chi connectivity index (χ1n) is 17.0. The van der Waals surface area contributed by atoms with Crippen LogP contribution < -0.4 is 5.32 Å². The lowest BCUT2D eigenvalue weighted by molar-refractivity contribution is -0.162. The van der Waals surface area contributed by atoms with E-state index in [4.69, 9.17) is 9.47 Å². The van der Waals surface area contributed by atoms with Gasteiger partial charge in [0.05, 0.1) is 30.7 Å². The van der Waals surface area contributed by atoms with Crippen molar-refractivity contribution in [2.45, 2.75) is 116 Å². The van der Waals surface area contributed by atoms with E-state index in [0.717, 1.165) is 0 Å². The number of hydrogen-bond acceptors (Lipinski definition) is 7. The first kappa shape index (κ1) is 34.8. The molecule has 0 saturated carbocycles. The van der Waals surface area contributed by atoms with E-state index >= 15 is 4.79 Å². The Labute approximate surface area is 278 Å². The van der Waals surface area contributed by atoms with E-state index in [1.165, 1.54) is 4.90 Å². The molecule has 3 amide bonds. The monoisotopic (exact) mass is 649 g/mol. The van der Waals surface area contributed by atoms with Crippen LogP contribution in [0.5, 0.6) is 0 Å². The topological polar surface area (TPSA) is 125 Å². The van der Waals surface area contributed by atoms with E-state index in [0.29, 0.717) is 24.8 Å². The Kier molecular flexibility index (Phi) is 9.77. The Balaban J connectivity index is 1.63. The standard InChI is InChI=1S/C37H51N3O7/c1-8-25(21-41)40-31-33(44)39(36(6,7)22-35(3,4)5)20-14-10-13-17-27(42)38-23(2)30(24-15-11-9-12-16-24)46-34(45)28-26-18-19-37(31,47-26)29(28)32(40)43/h9-12,14-16,18-19,23,25-26,28-31,41H,8,13,17,20-22H2,1-7H3,(H,38,42)/b14-10-/t23-,25+,26+,28-,29-,30+,31+,37-/m1/s1. The molecule has 0 aliphatic carbocycles. The third kappa shape index (κ3) is 6.51. The first-order valence-corrected chi connectivity index (χ1v) is 17.0. The van der Waals surface area contributed by atoms with Crippen LogP contribution in [0.2, 0.25) is 0 Å². The number of ether oxygens (including phenoxy) is 2. The molecule has 0 unspecified atom stereocenters. The molecule has 8 atom stereocenters. The number of hydrogen-bond donors (Lipinski definition) is 2. The predicted octanol–water partition coefficient (Wildman–Crippen LogP) is 4.09. The number of rotatable bonds is 6. The smallest absolute Gasteiger partial charge is 0.313 e. The highest BCUT2D eigenvalue weighted by Gasteiger charge is 2.74. The van der Waals surface area contributed by atoms with Gasteiger partial charge in [0.1, 0.15) is 23.7 Å². The average molecular weight is 650 g/mol. The highest BCUT2D eigenvalue weighted by atomic mass is 16.6. The number of nitrogens with one attached hydrogen (secondary N) is 1. The highest BCUT2D eigenvalue weighted by molar-refractivity contribution is 5.99. The van der Waals surface area contributed by atoms with E-state index in [9.17, 15) is 19.5 Å². The summed E-state index contributed by atoms with van der Waals surface area (Å²) in [5.41, 5.74) is -1.45. The zero-order valence-corrected chi connectivity index (χ0v) is 28.8. The number of esters is 1. The molecule has 256 valence electrons. The minimum atomic E-state index is -1.40. The van der Waals surface area contributed by atoms with Gasteiger partial charge in [-0.3, -0.25) is 19.2 Å². The summed E-state index contributed by atoms with van der Waals surface area (Å²) >= 11 is 0. The second-order valence-electron chi connectivity index (χ2n) is 15.3. The third-order valence-corrected chi connectivity index (χ3v) is 10.1. The number of aliphatic hydroxyl groups excluding tert-OH is 1. The van der Waals surface area contributed by atoms with Crippen LogP contribution >= 0.6 is 0 Å². The summed E-state index contributed by atoms with van der Waals surface area (Å²) < 4.78 is 12.8. The lowest BCUT2D eigenvalue weighted by atomic mass is 9.74. The van der Waals surface area contributed by atoms with Crippen LogP contribution in [0.4, 0.5) is 0 Å². The molecule has 5 bridgehead atoms. The molecule has 1 spiro atoms. The average Bonchev–Trinajstić information content (AvgIpc) is 3.64. The number of nitrogens with zero attached hydrogens (tertiary/aromatic N) is 2. The van der Waals surface area contributed by atoms with E-state index in [1.54, 1.807) is 24.0 Å². The Morgan fingerprint density at radius 3 is 2.38 bits per heavy atom. The predicted molar refractivity (Wildman–Crippen MR) is 177 cm³/mol. The number of allylic oxidation sites excluding steroid dienone is 1. The first-order chi connectivity index (χ1) is 22.1. The van der Waals surface area contributed by atoms with Crippen molar-refractivity contribution in [2.24, 2.45) is 17.3 Å².